The van der Waals surface area contributed by atoms with E-state index in [0.717, 1.165) is 0 Å². The average molecular weight is 211 g/mol. The van der Waals surface area contributed by atoms with Gasteiger partial charge in [0.05, 0.1) is 19.9 Å². The Kier molecular flexibility index (Phi) is 3.79. The highest BCUT2D eigenvalue weighted by Gasteiger charge is 2.06. The van der Waals surface area contributed by atoms with Crippen LogP contribution in [0.5, 0.6) is 11.5 Å². The normalized spacial score (nSPS) is 9.47. The first-order chi connectivity index (χ1) is 7.17. The molecule has 0 aliphatic rings. The van der Waals surface area contributed by atoms with Crippen LogP contribution in [0.1, 0.15) is 0 Å². The number of hydrogen-bond donors (Lipinski definition) is 1. The average Bonchev–Trinajstić information content (AvgIpc) is 2.27. The zero-order valence-electron chi connectivity index (χ0n) is 8.65. The lowest BCUT2D eigenvalue weighted by Crippen LogP contribution is -2.13. The first kappa shape index (κ1) is 11.2. The third-order valence-electron chi connectivity index (χ3n) is 1.79. The number of rotatable bonds is 4. The molecule has 0 aliphatic heterocycles. The van der Waals surface area contributed by atoms with Crippen LogP contribution in [-0.4, -0.2) is 26.8 Å². The van der Waals surface area contributed by atoms with Crippen LogP contribution in [0, 0.1) is 0 Å². The second kappa shape index (κ2) is 5.09. The van der Waals surface area contributed by atoms with Crippen molar-refractivity contribution in [1.29, 1.82) is 0 Å². The predicted molar refractivity (Wildman–Crippen MR) is 54.9 cm³/mol. The Morgan fingerprint density at radius 3 is 2.73 bits per heavy atom. The van der Waals surface area contributed by atoms with Gasteiger partial charge in [-0.1, -0.05) is 0 Å². The van der Waals surface area contributed by atoms with Crippen LogP contribution in [0.2, 0.25) is 0 Å². The molecule has 15 heavy (non-hydrogen) atoms. The quantitative estimate of drug-likeness (QED) is 0.590. The van der Waals surface area contributed by atoms with Crippen molar-refractivity contribution >= 4 is 11.7 Å². The van der Waals surface area contributed by atoms with Crippen molar-refractivity contribution in [3.8, 4) is 11.5 Å². The molecule has 0 unspecified atom stereocenters. The number of nitrogens with two attached hydrogens (primary N) is 1. The van der Waals surface area contributed by atoms with Crippen molar-refractivity contribution in [1.82, 2.24) is 0 Å². The Morgan fingerprint density at radius 1 is 1.40 bits per heavy atom. The molecule has 82 valence electrons. The molecule has 0 saturated carbocycles. The van der Waals surface area contributed by atoms with Crippen LogP contribution in [0.15, 0.2) is 18.2 Å². The van der Waals surface area contributed by atoms with Gasteiger partial charge in [-0.15, -0.1) is 0 Å². The van der Waals surface area contributed by atoms with E-state index >= 15 is 0 Å². The van der Waals surface area contributed by atoms with Crippen LogP contribution in [0.4, 0.5) is 5.69 Å². The Labute approximate surface area is 87.7 Å². The summed E-state index contributed by atoms with van der Waals surface area (Å²) in [4.78, 5) is 10.8. The Balaban J connectivity index is 2.70. The number of carbonyl (C=O) groups is 1. The first-order valence-electron chi connectivity index (χ1n) is 4.30. The second-order valence-corrected chi connectivity index (χ2v) is 2.77. The molecule has 0 fully saturated rings. The molecule has 0 amide bonds. The monoisotopic (exact) mass is 211 g/mol. The number of nitrogen functional groups attached to an aromatic ring is 1. The third-order valence-corrected chi connectivity index (χ3v) is 1.79. The van der Waals surface area contributed by atoms with Crippen molar-refractivity contribution in [2.24, 2.45) is 0 Å². The highest BCUT2D eigenvalue weighted by Crippen LogP contribution is 2.26. The van der Waals surface area contributed by atoms with Crippen LogP contribution in [0.25, 0.3) is 0 Å². The molecule has 1 aromatic carbocycles. The fourth-order valence-electron chi connectivity index (χ4n) is 0.962. The minimum Gasteiger partial charge on any atom is -0.497 e. The zero-order chi connectivity index (χ0) is 11.3. The topological polar surface area (TPSA) is 70.8 Å². The van der Waals surface area contributed by atoms with Crippen molar-refractivity contribution in [3.05, 3.63) is 18.2 Å². The minimum absolute atomic E-state index is 0.173. The maximum atomic E-state index is 10.8. The molecule has 0 radical (unpaired) electrons. The van der Waals surface area contributed by atoms with Gasteiger partial charge in [-0.3, -0.25) is 0 Å². The van der Waals surface area contributed by atoms with E-state index in [4.69, 9.17) is 15.2 Å². The molecular formula is C10H13NO4. The van der Waals surface area contributed by atoms with Gasteiger partial charge >= 0.3 is 5.97 Å². The summed E-state index contributed by atoms with van der Waals surface area (Å²) in [5.74, 6) is 0.557. The van der Waals surface area contributed by atoms with E-state index in [0.29, 0.717) is 17.2 Å². The first-order valence-corrected chi connectivity index (χ1v) is 4.30. The molecule has 0 aromatic heterocycles. The molecule has 1 rings (SSSR count). The van der Waals surface area contributed by atoms with E-state index < -0.39 is 5.97 Å². The van der Waals surface area contributed by atoms with Crippen LogP contribution in [-0.2, 0) is 9.53 Å². The molecule has 0 bridgehead atoms. The Morgan fingerprint density at radius 2 is 2.13 bits per heavy atom. The molecule has 1 aromatic rings. The van der Waals surface area contributed by atoms with Crippen LogP contribution < -0.4 is 15.2 Å². The van der Waals surface area contributed by atoms with E-state index in [1.807, 2.05) is 0 Å². The lowest BCUT2D eigenvalue weighted by Gasteiger charge is -2.09. The number of anilines is 1. The molecule has 0 heterocycles. The van der Waals surface area contributed by atoms with Gasteiger partial charge in [0.1, 0.15) is 11.5 Å². The molecular weight excluding hydrogens is 198 g/mol. The predicted octanol–water partition coefficient (Wildman–Crippen LogP) is 0.829. The summed E-state index contributed by atoms with van der Waals surface area (Å²) in [6.07, 6.45) is 0. The number of hydrogen-bond acceptors (Lipinski definition) is 5. The lowest BCUT2D eigenvalue weighted by atomic mass is 10.3. The SMILES string of the molecule is COC(=O)COc1cc(OC)ccc1N. The molecule has 2 N–H and O–H groups in total. The fourth-order valence-corrected chi connectivity index (χ4v) is 0.962. The molecule has 5 heteroatoms. The van der Waals surface area contributed by atoms with E-state index in [2.05, 4.69) is 4.74 Å². The van der Waals surface area contributed by atoms with Crippen molar-refractivity contribution in [2.45, 2.75) is 0 Å². The highest BCUT2D eigenvalue weighted by atomic mass is 16.6. The van der Waals surface area contributed by atoms with E-state index in [-0.39, 0.29) is 6.61 Å². The smallest absolute Gasteiger partial charge is 0.343 e. The maximum absolute atomic E-state index is 10.8. The van der Waals surface area contributed by atoms with Gasteiger partial charge < -0.3 is 19.9 Å². The van der Waals surface area contributed by atoms with Crippen molar-refractivity contribution in [2.75, 3.05) is 26.6 Å². The van der Waals surface area contributed by atoms with E-state index in [9.17, 15) is 4.79 Å². The van der Waals surface area contributed by atoms with Gasteiger partial charge in [0, 0.05) is 6.07 Å². The standard InChI is InChI=1S/C10H13NO4/c1-13-7-3-4-8(11)9(5-7)15-6-10(12)14-2/h3-5H,6,11H2,1-2H3. The Hall–Kier alpha value is -1.91. The zero-order valence-corrected chi connectivity index (χ0v) is 8.65. The summed E-state index contributed by atoms with van der Waals surface area (Å²) in [7, 11) is 2.83. The third kappa shape index (κ3) is 3.05. The van der Waals surface area contributed by atoms with E-state index in [1.165, 1.54) is 14.2 Å². The lowest BCUT2D eigenvalue weighted by molar-refractivity contribution is -0.142. The van der Waals surface area contributed by atoms with Crippen LogP contribution in [0.3, 0.4) is 0 Å². The summed E-state index contributed by atoms with van der Waals surface area (Å²) in [5, 5.41) is 0. The summed E-state index contributed by atoms with van der Waals surface area (Å²) in [6, 6.07) is 4.96. The summed E-state index contributed by atoms with van der Waals surface area (Å²) in [6.45, 7) is -0.173. The largest absolute Gasteiger partial charge is 0.497 e. The van der Waals surface area contributed by atoms with Gasteiger partial charge in [-0.2, -0.15) is 0 Å². The summed E-state index contributed by atoms with van der Waals surface area (Å²) >= 11 is 0. The van der Waals surface area contributed by atoms with Gasteiger partial charge in [-0.25, -0.2) is 4.79 Å². The molecule has 0 spiro atoms. The van der Waals surface area contributed by atoms with Gasteiger partial charge in [0.15, 0.2) is 6.61 Å². The number of carbonyl (C=O) groups excluding carboxylic acids is 1. The highest BCUT2D eigenvalue weighted by molar-refractivity contribution is 5.71. The maximum Gasteiger partial charge on any atom is 0.343 e. The molecule has 5 nitrogen and oxygen atoms in total. The number of esters is 1. The minimum atomic E-state index is -0.461. The Bertz CT molecular complexity index is 351. The molecule has 0 saturated heterocycles. The fraction of sp³-hybridized carbons (Fsp3) is 0.300. The number of ether oxygens (including phenoxy) is 3. The number of methoxy groups -OCH3 is 2. The molecule has 0 aliphatic carbocycles. The summed E-state index contributed by atoms with van der Waals surface area (Å²) < 4.78 is 14.6. The number of benzene rings is 1. The van der Waals surface area contributed by atoms with Crippen molar-refractivity contribution in [3.63, 3.8) is 0 Å². The van der Waals surface area contributed by atoms with E-state index in [1.54, 1.807) is 18.2 Å². The van der Waals surface area contributed by atoms with Gasteiger partial charge in [0.2, 0.25) is 0 Å². The molecule has 0 atom stereocenters. The second-order valence-electron chi connectivity index (χ2n) is 2.77. The van der Waals surface area contributed by atoms with Gasteiger partial charge in [-0.05, 0) is 12.1 Å². The summed E-state index contributed by atoms with van der Waals surface area (Å²) in [5.41, 5.74) is 6.08. The van der Waals surface area contributed by atoms with Crippen molar-refractivity contribution < 1.29 is 19.0 Å². The van der Waals surface area contributed by atoms with Crippen LogP contribution >= 0.6 is 0 Å². The van der Waals surface area contributed by atoms with Gasteiger partial charge in [0.25, 0.3) is 0 Å².